The summed E-state index contributed by atoms with van der Waals surface area (Å²) in [5.74, 6) is 2.62. The zero-order chi connectivity index (χ0) is 17.1. The third kappa shape index (κ3) is 3.31. The first-order valence-corrected chi connectivity index (χ1v) is 8.93. The molecule has 2 aliphatic rings. The molecule has 2 saturated heterocycles. The van der Waals surface area contributed by atoms with E-state index in [0.29, 0.717) is 0 Å². The number of hydrogen-bond acceptors (Lipinski definition) is 7. The van der Waals surface area contributed by atoms with E-state index >= 15 is 0 Å². The summed E-state index contributed by atoms with van der Waals surface area (Å²) in [5, 5.41) is 8.39. The zero-order valence-corrected chi connectivity index (χ0v) is 14.6. The van der Waals surface area contributed by atoms with Gasteiger partial charge in [0, 0.05) is 39.3 Å². The van der Waals surface area contributed by atoms with E-state index in [2.05, 4.69) is 37.0 Å². The van der Waals surface area contributed by atoms with Crippen LogP contribution < -0.4 is 19.4 Å². The molecule has 2 fully saturated rings. The fraction of sp³-hybridized carbons (Fsp3) is 0.500. The Morgan fingerprint density at radius 3 is 2.36 bits per heavy atom. The van der Waals surface area contributed by atoms with Crippen LogP contribution in [0.4, 0.5) is 17.5 Å². The molecule has 0 aliphatic carbocycles. The van der Waals surface area contributed by atoms with Crippen LogP contribution in [-0.4, -0.2) is 61.6 Å². The summed E-state index contributed by atoms with van der Waals surface area (Å²) in [7, 11) is 1.72. The Morgan fingerprint density at radius 1 is 0.880 bits per heavy atom. The lowest BCUT2D eigenvalue weighted by Crippen LogP contribution is -2.47. The minimum atomic E-state index is 0.766. The van der Waals surface area contributed by atoms with E-state index in [1.165, 1.54) is 12.8 Å². The quantitative estimate of drug-likeness (QED) is 0.841. The van der Waals surface area contributed by atoms with E-state index < -0.39 is 0 Å². The summed E-state index contributed by atoms with van der Waals surface area (Å²) in [5.41, 5.74) is 1.16. The molecule has 0 N–H and O–H groups in total. The van der Waals surface area contributed by atoms with Crippen molar-refractivity contribution in [1.82, 2.24) is 15.2 Å². The first-order chi connectivity index (χ1) is 12.3. The van der Waals surface area contributed by atoms with Gasteiger partial charge in [0.1, 0.15) is 5.75 Å². The smallest absolute Gasteiger partial charge is 0.247 e. The molecular formula is C18H24N6O. The van der Waals surface area contributed by atoms with Crippen molar-refractivity contribution >= 4 is 17.5 Å². The molecule has 0 radical (unpaired) electrons. The topological polar surface area (TPSA) is 57.6 Å². The van der Waals surface area contributed by atoms with Crippen molar-refractivity contribution in [2.45, 2.75) is 12.8 Å². The van der Waals surface area contributed by atoms with Gasteiger partial charge < -0.3 is 19.4 Å². The third-order valence-corrected chi connectivity index (χ3v) is 4.95. The normalized spacial score (nSPS) is 17.9. The van der Waals surface area contributed by atoms with Gasteiger partial charge in [-0.2, -0.15) is 10.1 Å². The molecule has 0 spiro atoms. The number of methoxy groups -OCH3 is 1. The van der Waals surface area contributed by atoms with Crippen LogP contribution >= 0.6 is 0 Å². The first kappa shape index (κ1) is 15.9. The van der Waals surface area contributed by atoms with Crippen LogP contribution in [0.15, 0.2) is 30.5 Å². The lowest BCUT2D eigenvalue weighted by Gasteiger charge is -2.37. The number of piperazine rings is 1. The van der Waals surface area contributed by atoms with Crippen LogP contribution in [0.2, 0.25) is 0 Å². The molecule has 7 heteroatoms. The Kier molecular flexibility index (Phi) is 4.54. The SMILES string of the molecule is COc1ccccc1N1CCN(c2cnnc(N3CCCC3)n2)CC1. The highest BCUT2D eigenvalue weighted by Gasteiger charge is 2.22. The highest BCUT2D eigenvalue weighted by atomic mass is 16.5. The molecular weight excluding hydrogens is 316 g/mol. The Labute approximate surface area is 148 Å². The fourth-order valence-electron chi connectivity index (χ4n) is 3.56. The second kappa shape index (κ2) is 7.13. The maximum absolute atomic E-state index is 5.49. The Morgan fingerprint density at radius 2 is 1.60 bits per heavy atom. The summed E-state index contributed by atoms with van der Waals surface area (Å²) < 4.78 is 5.49. The maximum atomic E-state index is 5.49. The number of rotatable bonds is 4. The van der Waals surface area contributed by atoms with E-state index in [9.17, 15) is 0 Å². The van der Waals surface area contributed by atoms with Crippen molar-refractivity contribution in [3.8, 4) is 5.75 Å². The van der Waals surface area contributed by atoms with Gasteiger partial charge in [-0.1, -0.05) is 12.1 Å². The monoisotopic (exact) mass is 340 g/mol. The van der Waals surface area contributed by atoms with Crippen LogP contribution in [0, 0.1) is 0 Å². The number of benzene rings is 1. The zero-order valence-electron chi connectivity index (χ0n) is 14.6. The molecule has 3 heterocycles. The van der Waals surface area contributed by atoms with E-state index in [1.807, 2.05) is 12.1 Å². The van der Waals surface area contributed by atoms with Gasteiger partial charge in [0.2, 0.25) is 5.95 Å². The lowest BCUT2D eigenvalue weighted by atomic mass is 10.2. The van der Waals surface area contributed by atoms with Crippen molar-refractivity contribution in [3.05, 3.63) is 30.5 Å². The van der Waals surface area contributed by atoms with Gasteiger partial charge in [-0.3, -0.25) is 0 Å². The number of nitrogens with zero attached hydrogens (tertiary/aromatic N) is 6. The minimum absolute atomic E-state index is 0.766. The van der Waals surface area contributed by atoms with Gasteiger partial charge in [-0.05, 0) is 25.0 Å². The van der Waals surface area contributed by atoms with Crippen LogP contribution in [0.25, 0.3) is 0 Å². The average Bonchev–Trinajstić information content (AvgIpc) is 3.23. The van der Waals surface area contributed by atoms with E-state index in [-0.39, 0.29) is 0 Å². The molecule has 4 rings (SSSR count). The van der Waals surface area contributed by atoms with Crippen molar-refractivity contribution in [1.29, 1.82) is 0 Å². The summed E-state index contributed by atoms with van der Waals surface area (Å²) in [6.45, 7) is 5.76. The van der Waals surface area contributed by atoms with Gasteiger partial charge in [-0.15, -0.1) is 5.10 Å². The van der Waals surface area contributed by atoms with E-state index in [1.54, 1.807) is 13.3 Å². The molecule has 1 aromatic carbocycles. The number of para-hydroxylation sites is 2. The van der Waals surface area contributed by atoms with Crippen LogP contribution in [0.3, 0.4) is 0 Å². The number of aromatic nitrogens is 3. The highest BCUT2D eigenvalue weighted by Crippen LogP contribution is 2.29. The Hall–Kier alpha value is -2.57. The number of ether oxygens (including phenoxy) is 1. The van der Waals surface area contributed by atoms with E-state index in [4.69, 9.17) is 9.72 Å². The summed E-state index contributed by atoms with van der Waals surface area (Å²) in [6, 6.07) is 8.19. The Balaban J connectivity index is 1.44. The lowest BCUT2D eigenvalue weighted by molar-refractivity contribution is 0.413. The van der Waals surface area contributed by atoms with Gasteiger partial charge in [-0.25, -0.2) is 0 Å². The highest BCUT2D eigenvalue weighted by molar-refractivity contribution is 5.59. The third-order valence-electron chi connectivity index (χ3n) is 4.95. The van der Waals surface area contributed by atoms with Crippen molar-refractivity contribution in [2.24, 2.45) is 0 Å². The number of hydrogen-bond donors (Lipinski definition) is 0. The van der Waals surface area contributed by atoms with Gasteiger partial charge in [0.25, 0.3) is 0 Å². The second-order valence-corrected chi connectivity index (χ2v) is 6.45. The largest absolute Gasteiger partial charge is 0.495 e. The second-order valence-electron chi connectivity index (χ2n) is 6.45. The Bertz CT molecular complexity index is 710. The molecule has 132 valence electrons. The minimum Gasteiger partial charge on any atom is -0.495 e. The summed E-state index contributed by atoms with van der Waals surface area (Å²) in [6.07, 6.45) is 4.20. The van der Waals surface area contributed by atoms with Crippen molar-refractivity contribution < 1.29 is 4.74 Å². The molecule has 0 saturated carbocycles. The molecule has 2 aromatic rings. The predicted octanol–water partition coefficient (Wildman–Crippen LogP) is 1.81. The molecule has 25 heavy (non-hydrogen) atoms. The molecule has 0 amide bonds. The van der Waals surface area contributed by atoms with Crippen molar-refractivity contribution in [2.75, 3.05) is 61.1 Å². The van der Waals surface area contributed by atoms with Crippen molar-refractivity contribution in [3.63, 3.8) is 0 Å². The fourth-order valence-corrected chi connectivity index (χ4v) is 3.56. The van der Waals surface area contributed by atoms with Gasteiger partial charge in [0.15, 0.2) is 5.82 Å². The summed E-state index contributed by atoms with van der Waals surface area (Å²) >= 11 is 0. The van der Waals surface area contributed by atoms with Crippen LogP contribution in [-0.2, 0) is 0 Å². The van der Waals surface area contributed by atoms with Gasteiger partial charge in [0.05, 0.1) is 19.0 Å². The first-order valence-electron chi connectivity index (χ1n) is 8.93. The van der Waals surface area contributed by atoms with Crippen LogP contribution in [0.1, 0.15) is 12.8 Å². The molecule has 2 aliphatic heterocycles. The standard InChI is InChI=1S/C18H24N6O/c1-25-16-7-3-2-6-15(16)22-10-12-23(13-11-22)17-14-19-21-18(20-17)24-8-4-5-9-24/h2-3,6-7,14H,4-5,8-13H2,1H3. The number of anilines is 3. The summed E-state index contributed by atoms with van der Waals surface area (Å²) in [4.78, 5) is 11.6. The molecule has 0 atom stereocenters. The van der Waals surface area contributed by atoms with E-state index in [0.717, 1.165) is 62.5 Å². The van der Waals surface area contributed by atoms with Crippen LogP contribution in [0.5, 0.6) is 5.75 Å². The maximum Gasteiger partial charge on any atom is 0.247 e. The molecule has 0 bridgehead atoms. The molecule has 7 nitrogen and oxygen atoms in total. The van der Waals surface area contributed by atoms with Gasteiger partial charge >= 0.3 is 0 Å². The average molecular weight is 340 g/mol. The molecule has 0 unspecified atom stereocenters. The predicted molar refractivity (Wildman–Crippen MR) is 98.7 cm³/mol. The molecule has 1 aromatic heterocycles.